The van der Waals surface area contributed by atoms with Crippen LogP contribution in [0.3, 0.4) is 0 Å². The Bertz CT molecular complexity index is 1210. The van der Waals surface area contributed by atoms with Crippen LogP contribution in [0.1, 0.15) is 71.1 Å². The van der Waals surface area contributed by atoms with Gasteiger partial charge in [-0.3, -0.25) is 9.36 Å². The predicted octanol–water partition coefficient (Wildman–Crippen LogP) is 6.86. The second-order valence-electron chi connectivity index (χ2n) is 12.8. The number of nitrogens with zero attached hydrogens (tertiary/aromatic N) is 2. The lowest BCUT2D eigenvalue weighted by Crippen LogP contribution is -2.45. The molecule has 1 aromatic carbocycles. The molecule has 2 saturated heterocycles. The summed E-state index contributed by atoms with van der Waals surface area (Å²) in [6.07, 6.45) is 7.48. The van der Waals surface area contributed by atoms with Gasteiger partial charge in [-0.05, 0) is 85.2 Å². The standard InChI is InChI=1S/C31H45FN2O5SSi/c1-20(2)31(4,5)41(6,7)37-16-8-9-22-10-11-23(32)17-24(22)29(39-30(40)34-15-14-33-19-34)28-25(18-36-21(3)35)26-12-13-27(28)38-26/h10-11,14-15,17,19-20,25-29H,8-9,12-13,16,18H2,1-7H3/t25-,26-,27-,28-,29?/m1/s1. The molecule has 2 bridgehead atoms. The van der Waals surface area contributed by atoms with Crippen LogP contribution in [-0.4, -0.2) is 54.4 Å². The second kappa shape index (κ2) is 13.0. The molecule has 226 valence electrons. The minimum atomic E-state index is -1.96. The zero-order valence-corrected chi connectivity index (χ0v) is 27.2. The van der Waals surface area contributed by atoms with E-state index in [0.29, 0.717) is 18.9 Å². The molecular weight excluding hydrogens is 560 g/mol. The van der Waals surface area contributed by atoms with E-state index in [1.807, 2.05) is 6.07 Å². The van der Waals surface area contributed by atoms with E-state index in [-0.39, 0.29) is 52.6 Å². The molecule has 2 aliphatic rings. The molecule has 1 unspecified atom stereocenters. The molecule has 0 amide bonds. The van der Waals surface area contributed by atoms with Gasteiger partial charge >= 0.3 is 5.97 Å². The maximum absolute atomic E-state index is 14.9. The molecule has 10 heteroatoms. The summed E-state index contributed by atoms with van der Waals surface area (Å²) in [6.45, 7) is 16.0. The van der Waals surface area contributed by atoms with Gasteiger partial charge in [0.05, 0.1) is 18.8 Å². The first-order valence-corrected chi connectivity index (χ1v) is 18.0. The number of esters is 1. The molecule has 3 heterocycles. The third-order valence-corrected chi connectivity index (χ3v) is 14.6. The number of rotatable bonds is 12. The van der Waals surface area contributed by atoms with Crippen LogP contribution in [0.15, 0.2) is 36.9 Å². The van der Waals surface area contributed by atoms with Crippen molar-refractivity contribution in [3.63, 3.8) is 0 Å². The van der Waals surface area contributed by atoms with Crippen molar-refractivity contribution in [2.75, 3.05) is 13.2 Å². The second-order valence-corrected chi connectivity index (χ2v) is 17.7. The van der Waals surface area contributed by atoms with Crippen LogP contribution in [0.2, 0.25) is 18.1 Å². The molecule has 2 aromatic rings. The summed E-state index contributed by atoms with van der Waals surface area (Å²) in [6, 6.07) is 4.91. The lowest BCUT2D eigenvalue weighted by atomic mass is 9.74. The monoisotopic (exact) mass is 604 g/mol. The highest BCUT2D eigenvalue weighted by atomic mass is 32.1. The van der Waals surface area contributed by atoms with Crippen LogP contribution in [0.4, 0.5) is 4.39 Å². The zero-order valence-electron chi connectivity index (χ0n) is 25.4. The summed E-state index contributed by atoms with van der Waals surface area (Å²) in [5.41, 5.74) is 1.74. The van der Waals surface area contributed by atoms with Crippen LogP contribution in [0.25, 0.3) is 0 Å². The van der Waals surface area contributed by atoms with Gasteiger partial charge in [0.2, 0.25) is 0 Å². The lowest BCUT2D eigenvalue weighted by molar-refractivity contribution is -0.143. The number of imidazole rings is 1. The maximum Gasteiger partial charge on any atom is 0.302 e. The average molecular weight is 605 g/mol. The summed E-state index contributed by atoms with van der Waals surface area (Å²) in [7, 11) is -1.96. The van der Waals surface area contributed by atoms with Gasteiger partial charge in [0.1, 0.15) is 18.2 Å². The lowest BCUT2D eigenvalue weighted by Gasteiger charge is -2.42. The van der Waals surface area contributed by atoms with Crippen molar-refractivity contribution in [3.05, 3.63) is 53.9 Å². The van der Waals surface area contributed by atoms with Gasteiger partial charge in [-0.15, -0.1) is 0 Å². The molecule has 2 fully saturated rings. The fourth-order valence-corrected chi connectivity index (χ4v) is 8.71. The SMILES string of the molecule is CC(=O)OC[C@H]1[C@@H](C(OC(=S)n2ccnc2)c2cc(F)ccc2CCCO[Si](C)(C)C(C)(C)C(C)C)[C@H]2CC[C@H]1O2. The smallest absolute Gasteiger partial charge is 0.302 e. The molecule has 1 aromatic heterocycles. The van der Waals surface area contributed by atoms with E-state index in [9.17, 15) is 9.18 Å². The number of fused-ring (bicyclic) bond motifs is 2. The largest absolute Gasteiger partial charge is 0.465 e. The van der Waals surface area contributed by atoms with Crippen molar-refractivity contribution in [3.8, 4) is 0 Å². The number of aromatic nitrogens is 2. The topological polar surface area (TPSA) is 71.8 Å². The van der Waals surface area contributed by atoms with E-state index < -0.39 is 14.4 Å². The van der Waals surface area contributed by atoms with Crippen LogP contribution >= 0.6 is 12.2 Å². The first kappa shape index (κ1) is 31.8. The summed E-state index contributed by atoms with van der Waals surface area (Å²) in [5, 5.41) is 0.359. The van der Waals surface area contributed by atoms with Crippen molar-refractivity contribution >= 4 is 31.7 Å². The van der Waals surface area contributed by atoms with Gasteiger partial charge in [0, 0.05) is 37.8 Å². The summed E-state index contributed by atoms with van der Waals surface area (Å²) in [4.78, 5) is 15.8. The van der Waals surface area contributed by atoms with Crippen molar-refractivity contribution in [2.24, 2.45) is 17.8 Å². The van der Waals surface area contributed by atoms with E-state index in [1.165, 1.54) is 13.0 Å². The number of carbonyl (C=O) groups is 1. The van der Waals surface area contributed by atoms with E-state index >= 15 is 0 Å². The molecule has 0 saturated carbocycles. The Hall–Kier alpha value is -2.14. The number of ether oxygens (including phenoxy) is 3. The van der Waals surface area contributed by atoms with Crippen LogP contribution < -0.4 is 0 Å². The van der Waals surface area contributed by atoms with Crippen molar-refractivity contribution in [2.45, 2.75) is 96.7 Å². The zero-order chi connectivity index (χ0) is 29.9. The minimum absolute atomic E-state index is 0.0424. The van der Waals surface area contributed by atoms with E-state index in [1.54, 1.807) is 29.4 Å². The maximum atomic E-state index is 14.9. The quantitative estimate of drug-likeness (QED) is 0.113. The molecule has 7 nitrogen and oxygen atoms in total. The highest BCUT2D eigenvalue weighted by Gasteiger charge is 2.54. The number of hydrogen-bond donors (Lipinski definition) is 0. The van der Waals surface area contributed by atoms with E-state index in [4.69, 9.17) is 30.9 Å². The Balaban J connectivity index is 1.60. The molecule has 2 aliphatic heterocycles. The fraction of sp³-hybridized carbons (Fsp3) is 0.645. The fourth-order valence-electron chi connectivity index (χ4n) is 6.08. The Morgan fingerprint density at radius 2 is 2.00 bits per heavy atom. The van der Waals surface area contributed by atoms with Crippen LogP contribution in [0, 0.1) is 23.6 Å². The Morgan fingerprint density at radius 1 is 1.27 bits per heavy atom. The third kappa shape index (κ3) is 7.09. The predicted molar refractivity (Wildman–Crippen MR) is 163 cm³/mol. The van der Waals surface area contributed by atoms with Gasteiger partial charge in [-0.1, -0.05) is 33.8 Å². The average Bonchev–Trinajstić information content (AvgIpc) is 3.67. The molecule has 0 spiro atoms. The number of hydrogen-bond acceptors (Lipinski definition) is 7. The van der Waals surface area contributed by atoms with Gasteiger partial charge < -0.3 is 18.6 Å². The van der Waals surface area contributed by atoms with Crippen molar-refractivity contribution < 1.29 is 27.8 Å². The number of thiocarbonyl (C=S) groups is 1. The number of halogens is 1. The van der Waals surface area contributed by atoms with Crippen LogP contribution in [0.5, 0.6) is 0 Å². The summed E-state index contributed by atoms with van der Waals surface area (Å²) in [5.74, 6) is -0.400. The molecular formula is C31H45FN2O5SSi. The number of carbonyl (C=O) groups excluding carboxylic acids is 1. The van der Waals surface area contributed by atoms with Crippen LogP contribution in [-0.2, 0) is 29.9 Å². The Morgan fingerprint density at radius 3 is 2.66 bits per heavy atom. The van der Waals surface area contributed by atoms with Gasteiger partial charge in [0.25, 0.3) is 5.17 Å². The third-order valence-electron chi connectivity index (χ3n) is 9.72. The van der Waals surface area contributed by atoms with Crippen molar-refractivity contribution in [1.29, 1.82) is 0 Å². The normalized spacial score (nSPS) is 23.1. The molecule has 0 N–H and O–H groups in total. The molecule has 4 rings (SSSR count). The minimum Gasteiger partial charge on any atom is -0.465 e. The number of benzene rings is 1. The summed E-state index contributed by atoms with van der Waals surface area (Å²) >= 11 is 5.66. The Labute approximate surface area is 250 Å². The van der Waals surface area contributed by atoms with Crippen molar-refractivity contribution in [1.82, 2.24) is 9.55 Å². The molecule has 41 heavy (non-hydrogen) atoms. The molecule has 5 atom stereocenters. The Kier molecular flexibility index (Phi) is 10.1. The first-order valence-electron chi connectivity index (χ1n) is 14.7. The summed E-state index contributed by atoms with van der Waals surface area (Å²) < 4.78 is 41.4. The van der Waals surface area contributed by atoms with E-state index in [0.717, 1.165) is 30.4 Å². The highest BCUT2D eigenvalue weighted by Crippen LogP contribution is 2.51. The van der Waals surface area contributed by atoms with Gasteiger partial charge in [0.15, 0.2) is 8.32 Å². The highest BCUT2D eigenvalue weighted by molar-refractivity contribution is 7.80. The number of aryl methyl sites for hydroxylation is 1. The van der Waals surface area contributed by atoms with Gasteiger partial charge in [-0.2, -0.15) is 0 Å². The molecule has 0 aliphatic carbocycles. The van der Waals surface area contributed by atoms with Gasteiger partial charge in [-0.25, -0.2) is 9.37 Å². The van der Waals surface area contributed by atoms with E-state index in [2.05, 4.69) is 45.8 Å². The molecule has 0 radical (unpaired) electrons. The first-order chi connectivity index (χ1) is 19.3.